The first-order chi connectivity index (χ1) is 9.76. The Morgan fingerprint density at radius 2 is 2.00 bits per heavy atom. The first-order valence-corrected chi connectivity index (χ1v) is 6.18. The zero-order chi connectivity index (χ0) is 13.9. The Kier molecular flexibility index (Phi) is 3.10. The summed E-state index contributed by atoms with van der Waals surface area (Å²) in [5.41, 5.74) is 2.45. The van der Waals surface area contributed by atoms with Crippen LogP contribution < -0.4 is 14.8 Å². The lowest BCUT2D eigenvalue weighted by atomic mass is 10.1. The highest BCUT2D eigenvalue weighted by Crippen LogP contribution is 2.37. The minimum atomic E-state index is 0.176. The monoisotopic (exact) mass is 267 g/mol. The highest BCUT2D eigenvalue weighted by molar-refractivity contribution is 5.54. The Bertz CT molecular complexity index is 689. The van der Waals surface area contributed by atoms with Gasteiger partial charge in [-0.1, -0.05) is 12.0 Å². The van der Waals surface area contributed by atoms with Crippen LogP contribution >= 0.6 is 0 Å². The van der Waals surface area contributed by atoms with Gasteiger partial charge < -0.3 is 19.9 Å². The number of phenolic OH excluding ortho intramolecular Hbond substituents is 1. The normalized spacial score (nSPS) is 11.9. The largest absolute Gasteiger partial charge is 0.507 e. The van der Waals surface area contributed by atoms with E-state index in [1.54, 1.807) is 12.1 Å². The van der Waals surface area contributed by atoms with Crippen molar-refractivity contribution in [1.29, 1.82) is 0 Å². The number of fused-ring (bicyclic) bond motifs is 1. The molecule has 2 aromatic rings. The molecule has 0 aliphatic carbocycles. The van der Waals surface area contributed by atoms with Crippen molar-refractivity contribution in [2.45, 2.75) is 6.54 Å². The van der Waals surface area contributed by atoms with Crippen molar-refractivity contribution in [3.63, 3.8) is 0 Å². The molecule has 4 nitrogen and oxygen atoms in total. The Balaban J connectivity index is 1.77. The van der Waals surface area contributed by atoms with Gasteiger partial charge in [-0.05, 0) is 24.3 Å². The van der Waals surface area contributed by atoms with Crippen molar-refractivity contribution in [3.8, 4) is 29.6 Å². The van der Waals surface area contributed by atoms with E-state index in [4.69, 9.17) is 15.9 Å². The van der Waals surface area contributed by atoms with Gasteiger partial charge in [0.1, 0.15) is 5.75 Å². The molecule has 0 saturated carbocycles. The summed E-state index contributed by atoms with van der Waals surface area (Å²) in [6.45, 7) is 0.659. The highest BCUT2D eigenvalue weighted by atomic mass is 16.7. The van der Waals surface area contributed by atoms with Crippen LogP contribution in [0.15, 0.2) is 36.4 Å². The van der Waals surface area contributed by atoms with Crippen LogP contribution in [0.25, 0.3) is 0 Å². The van der Waals surface area contributed by atoms with Crippen molar-refractivity contribution in [2.24, 2.45) is 0 Å². The standard InChI is InChI=1S/C16H13NO3/c1-2-11-4-3-5-13(6-11)17-9-12-7-15-16(8-14(12)18)20-10-19-15/h1,3-8,17-18H,9-10H2. The van der Waals surface area contributed by atoms with Crippen molar-refractivity contribution in [3.05, 3.63) is 47.5 Å². The summed E-state index contributed by atoms with van der Waals surface area (Å²) in [6.07, 6.45) is 5.36. The van der Waals surface area contributed by atoms with Crippen LogP contribution in [0.2, 0.25) is 0 Å². The average molecular weight is 267 g/mol. The number of nitrogens with one attached hydrogen (secondary N) is 1. The van der Waals surface area contributed by atoms with Gasteiger partial charge in [0.15, 0.2) is 11.5 Å². The second kappa shape index (κ2) is 5.06. The molecule has 20 heavy (non-hydrogen) atoms. The van der Waals surface area contributed by atoms with E-state index >= 15 is 0 Å². The SMILES string of the molecule is C#Cc1cccc(NCc2cc3c(cc2O)OCO3)c1. The van der Waals surface area contributed by atoms with Gasteiger partial charge in [0.25, 0.3) is 0 Å². The topological polar surface area (TPSA) is 50.7 Å². The van der Waals surface area contributed by atoms with Crippen LogP contribution in [0.1, 0.15) is 11.1 Å². The number of phenols is 1. The Morgan fingerprint density at radius 3 is 2.80 bits per heavy atom. The van der Waals surface area contributed by atoms with E-state index in [0.717, 1.165) is 16.8 Å². The molecule has 0 atom stereocenters. The van der Waals surface area contributed by atoms with Gasteiger partial charge in [0, 0.05) is 29.4 Å². The van der Waals surface area contributed by atoms with Gasteiger partial charge >= 0.3 is 0 Å². The Morgan fingerprint density at radius 1 is 1.20 bits per heavy atom. The number of ether oxygens (including phenoxy) is 2. The third-order valence-electron chi connectivity index (χ3n) is 3.09. The smallest absolute Gasteiger partial charge is 0.231 e. The molecule has 2 N–H and O–H groups in total. The quantitative estimate of drug-likeness (QED) is 0.840. The molecule has 0 radical (unpaired) electrons. The van der Waals surface area contributed by atoms with Gasteiger partial charge in [0.2, 0.25) is 6.79 Å². The summed E-state index contributed by atoms with van der Waals surface area (Å²) < 4.78 is 10.5. The van der Waals surface area contributed by atoms with E-state index in [9.17, 15) is 5.11 Å². The van der Waals surface area contributed by atoms with E-state index < -0.39 is 0 Å². The summed E-state index contributed by atoms with van der Waals surface area (Å²) in [6, 6.07) is 10.9. The van der Waals surface area contributed by atoms with Crippen LogP contribution in [0, 0.1) is 12.3 Å². The number of terminal acetylenes is 1. The van der Waals surface area contributed by atoms with Crippen LogP contribution in [0.4, 0.5) is 5.69 Å². The van der Waals surface area contributed by atoms with Crippen molar-refractivity contribution >= 4 is 5.69 Å². The molecule has 1 aliphatic rings. The summed E-state index contributed by atoms with van der Waals surface area (Å²) >= 11 is 0. The second-order valence-electron chi connectivity index (χ2n) is 4.41. The molecule has 0 bridgehead atoms. The fourth-order valence-corrected chi connectivity index (χ4v) is 2.03. The molecular formula is C16H13NO3. The van der Waals surface area contributed by atoms with E-state index in [-0.39, 0.29) is 12.5 Å². The molecule has 0 aromatic heterocycles. The van der Waals surface area contributed by atoms with E-state index in [2.05, 4.69) is 11.2 Å². The molecule has 0 spiro atoms. The molecular weight excluding hydrogens is 254 g/mol. The molecule has 4 heteroatoms. The van der Waals surface area contributed by atoms with Gasteiger partial charge in [-0.3, -0.25) is 0 Å². The van der Waals surface area contributed by atoms with Crippen LogP contribution in [-0.4, -0.2) is 11.9 Å². The lowest BCUT2D eigenvalue weighted by Gasteiger charge is -2.09. The minimum Gasteiger partial charge on any atom is -0.507 e. The lowest BCUT2D eigenvalue weighted by molar-refractivity contribution is 0.174. The van der Waals surface area contributed by atoms with Crippen LogP contribution in [0.3, 0.4) is 0 Å². The summed E-state index contributed by atoms with van der Waals surface area (Å²) in [4.78, 5) is 0. The average Bonchev–Trinajstić information content (AvgIpc) is 2.92. The first kappa shape index (κ1) is 12.2. The maximum atomic E-state index is 9.95. The van der Waals surface area contributed by atoms with Crippen LogP contribution in [0.5, 0.6) is 17.2 Å². The first-order valence-electron chi connectivity index (χ1n) is 6.18. The van der Waals surface area contributed by atoms with Crippen LogP contribution in [-0.2, 0) is 6.54 Å². The predicted molar refractivity (Wildman–Crippen MR) is 75.9 cm³/mol. The number of hydrogen-bond donors (Lipinski definition) is 2. The fourth-order valence-electron chi connectivity index (χ4n) is 2.03. The zero-order valence-corrected chi connectivity index (χ0v) is 10.7. The molecule has 0 saturated heterocycles. The summed E-state index contributed by atoms with van der Waals surface area (Å²) in [5.74, 6) is 3.98. The molecule has 1 aliphatic heterocycles. The zero-order valence-electron chi connectivity index (χ0n) is 10.7. The minimum absolute atomic E-state index is 0.176. The maximum absolute atomic E-state index is 9.95. The van der Waals surface area contributed by atoms with Gasteiger partial charge in [-0.2, -0.15) is 0 Å². The third-order valence-corrected chi connectivity index (χ3v) is 3.09. The number of hydrogen-bond acceptors (Lipinski definition) is 4. The maximum Gasteiger partial charge on any atom is 0.231 e. The fraction of sp³-hybridized carbons (Fsp3) is 0.125. The van der Waals surface area contributed by atoms with Crippen molar-refractivity contribution in [1.82, 2.24) is 0 Å². The Labute approximate surface area is 117 Å². The molecule has 2 aromatic carbocycles. The molecule has 0 amide bonds. The molecule has 100 valence electrons. The Hall–Kier alpha value is -2.80. The van der Waals surface area contributed by atoms with Gasteiger partial charge in [-0.15, -0.1) is 6.42 Å². The molecule has 1 heterocycles. The second-order valence-corrected chi connectivity index (χ2v) is 4.41. The lowest BCUT2D eigenvalue weighted by Crippen LogP contribution is -2.00. The molecule has 0 fully saturated rings. The highest BCUT2D eigenvalue weighted by Gasteiger charge is 2.16. The summed E-state index contributed by atoms with van der Waals surface area (Å²) in [7, 11) is 0. The number of aromatic hydroxyl groups is 1. The third kappa shape index (κ3) is 2.34. The van der Waals surface area contributed by atoms with E-state index in [0.29, 0.717) is 18.0 Å². The van der Waals surface area contributed by atoms with Crippen molar-refractivity contribution < 1.29 is 14.6 Å². The molecule has 3 rings (SSSR count). The predicted octanol–water partition coefficient (Wildman–Crippen LogP) is 2.71. The van der Waals surface area contributed by atoms with Crippen molar-refractivity contribution in [2.75, 3.05) is 12.1 Å². The molecule has 0 unspecified atom stereocenters. The number of rotatable bonds is 3. The number of anilines is 1. The summed E-state index contributed by atoms with van der Waals surface area (Å²) in [5, 5.41) is 13.2. The van der Waals surface area contributed by atoms with Gasteiger partial charge in [-0.25, -0.2) is 0 Å². The van der Waals surface area contributed by atoms with E-state index in [1.807, 2.05) is 24.3 Å². The van der Waals surface area contributed by atoms with E-state index in [1.165, 1.54) is 0 Å². The number of benzene rings is 2. The van der Waals surface area contributed by atoms with Gasteiger partial charge in [0.05, 0.1) is 0 Å².